The lowest BCUT2D eigenvalue weighted by atomic mass is 10.2. The molecule has 0 aliphatic carbocycles. The number of nitro groups is 1. The van der Waals surface area contributed by atoms with Crippen molar-refractivity contribution in [1.29, 1.82) is 5.26 Å². The van der Waals surface area contributed by atoms with Crippen molar-refractivity contribution < 1.29 is 4.92 Å². The molecule has 90 valence electrons. The molecule has 0 saturated carbocycles. The molecule has 0 saturated heterocycles. The summed E-state index contributed by atoms with van der Waals surface area (Å²) in [5.74, 6) is 0.171. The number of benzene rings is 1. The van der Waals surface area contributed by atoms with Gasteiger partial charge in [0.25, 0.3) is 5.69 Å². The average molecular weight is 264 g/mol. The van der Waals surface area contributed by atoms with E-state index in [0.29, 0.717) is 5.69 Å². The molecule has 0 bridgehead atoms. The molecule has 0 amide bonds. The van der Waals surface area contributed by atoms with Crippen LogP contribution in [-0.2, 0) is 5.88 Å². The lowest BCUT2D eigenvalue weighted by molar-refractivity contribution is -0.384. The van der Waals surface area contributed by atoms with E-state index < -0.39 is 4.92 Å². The van der Waals surface area contributed by atoms with E-state index in [4.69, 9.17) is 16.9 Å². The number of alkyl halides is 1. The fourth-order valence-corrected chi connectivity index (χ4v) is 1.53. The van der Waals surface area contributed by atoms with Crippen LogP contribution in [0.5, 0.6) is 0 Å². The zero-order valence-corrected chi connectivity index (χ0v) is 9.70. The second-order valence-corrected chi connectivity index (χ2v) is 3.63. The highest BCUT2D eigenvalue weighted by atomic mass is 35.5. The zero-order valence-electron chi connectivity index (χ0n) is 8.95. The molecule has 2 aromatic rings. The van der Waals surface area contributed by atoms with Gasteiger partial charge in [-0.05, 0) is 12.1 Å². The molecule has 18 heavy (non-hydrogen) atoms. The van der Waals surface area contributed by atoms with Crippen molar-refractivity contribution in [2.24, 2.45) is 0 Å². The Morgan fingerprint density at radius 1 is 1.56 bits per heavy atom. The third kappa shape index (κ3) is 2.14. The van der Waals surface area contributed by atoms with E-state index >= 15 is 0 Å². The predicted octanol–water partition coefficient (Wildman–Crippen LogP) is 1.79. The third-order valence-corrected chi connectivity index (χ3v) is 2.50. The van der Waals surface area contributed by atoms with Crippen molar-refractivity contribution in [3.8, 4) is 11.8 Å². The summed E-state index contributed by atoms with van der Waals surface area (Å²) in [6.45, 7) is 0. The van der Waals surface area contributed by atoms with Crippen LogP contribution < -0.4 is 0 Å². The molecule has 7 nitrogen and oxygen atoms in total. The van der Waals surface area contributed by atoms with E-state index in [1.165, 1.54) is 29.1 Å². The van der Waals surface area contributed by atoms with Crippen LogP contribution in [0.4, 0.5) is 5.69 Å². The Balaban J connectivity index is 2.56. The summed E-state index contributed by atoms with van der Waals surface area (Å²) in [4.78, 5) is 10.4. The smallest absolute Gasteiger partial charge is 0.258 e. The maximum atomic E-state index is 10.9. The van der Waals surface area contributed by atoms with Crippen LogP contribution in [0.3, 0.4) is 0 Å². The Morgan fingerprint density at radius 2 is 2.33 bits per heavy atom. The molecular weight excluding hydrogens is 258 g/mol. The van der Waals surface area contributed by atoms with Gasteiger partial charge in [-0.2, -0.15) is 5.26 Å². The SMILES string of the molecule is N#Cc1ccc(-n2cc(CCl)nn2)c([N+](=O)[O-])c1. The number of nitriles is 1. The van der Waals surface area contributed by atoms with Gasteiger partial charge in [-0.3, -0.25) is 10.1 Å². The fraction of sp³-hybridized carbons (Fsp3) is 0.100. The summed E-state index contributed by atoms with van der Waals surface area (Å²) < 4.78 is 1.26. The average Bonchev–Trinajstić information content (AvgIpc) is 2.86. The molecule has 2 rings (SSSR count). The third-order valence-electron chi connectivity index (χ3n) is 2.23. The monoisotopic (exact) mass is 263 g/mol. The minimum atomic E-state index is -0.571. The van der Waals surface area contributed by atoms with Crippen LogP contribution in [0.1, 0.15) is 11.3 Å². The minimum absolute atomic E-state index is 0.171. The molecule has 0 unspecified atom stereocenters. The number of rotatable bonds is 3. The van der Waals surface area contributed by atoms with Crippen LogP contribution in [0.25, 0.3) is 5.69 Å². The number of nitrogens with zero attached hydrogens (tertiary/aromatic N) is 5. The Kier molecular flexibility index (Phi) is 3.21. The predicted molar refractivity (Wildman–Crippen MR) is 62.3 cm³/mol. The first-order valence-electron chi connectivity index (χ1n) is 4.82. The Hall–Kier alpha value is -2.46. The van der Waals surface area contributed by atoms with Crippen LogP contribution in [0.2, 0.25) is 0 Å². The van der Waals surface area contributed by atoms with Gasteiger partial charge in [-0.15, -0.1) is 16.7 Å². The molecule has 1 aromatic carbocycles. The number of halogens is 1. The number of hydrogen-bond donors (Lipinski definition) is 0. The Bertz CT molecular complexity index is 646. The quantitative estimate of drug-likeness (QED) is 0.478. The first-order valence-corrected chi connectivity index (χ1v) is 5.35. The summed E-state index contributed by atoms with van der Waals surface area (Å²) in [5, 5.41) is 27.2. The van der Waals surface area contributed by atoms with Crippen LogP contribution in [0.15, 0.2) is 24.4 Å². The highest BCUT2D eigenvalue weighted by Crippen LogP contribution is 2.23. The van der Waals surface area contributed by atoms with Gasteiger partial charge in [-0.1, -0.05) is 5.21 Å². The second kappa shape index (κ2) is 4.81. The van der Waals surface area contributed by atoms with E-state index in [-0.39, 0.29) is 22.8 Å². The molecular formula is C10H6ClN5O2. The Labute approximate surface area is 106 Å². The molecule has 0 atom stereocenters. The summed E-state index contributed by atoms with van der Waals surface area (Å²) >= 11 is 5.58. The van der Waals surface area contributed by atoms with Gasteiger partial charge >= 0.3 is 0 Å². The van der Waals surface area contributed by atoms with Crippen molar-refractivity contribution >= 4 is 17.3 Å². The standard InChI is InChI=1S/C10H6ClN5O2/c11-4-8-6-15(14-13-8)9-2-1-7(5-12)3-10(9)16(17)18/h1-3,6H,4H2. The van der Waals surface area contributed by atoms with Crippen molar-refractivity contribution in [3.05, 3.63) is 45.8 Å². The van der Waals surface area contributed by atoms with Gasteiger partial charge in [0.15, 0.2) is 0 Å². The van der Waals surface area contributed by atoms with Crippen LogP contribution >= 0.6 is 11.6 Å². The van der Waals surface area contributed by atoms with E-state index in [9.17, 15) is 10.1 Å². The molecule has 0 N–H and O–H groups in total. The number of nitro benzene ring substituents is 1. The molecule has 0 fully saturated rings. The van der Waals surface area contributed by atoms with Gasteiger partial charge in [-0.25, -0.2) is 4.68 Å². The second-order valence-electron chi connectivity index (χ2n) is 3.36. The van der Waals surface area contributed by atoms with Gasteiger partial charge in [0.1, 0.15) is 5.69 Å². The van der Waals surface area contributed by atoms with Crippen molar-refractivity contribution in [2.45, 2.75) is 5.88 Å². The highest BCUT2D eigenvalue weighted by molar-refractivity contribution is 6.16. The van der Waals surface area contributed by atoms with Gasteiger partial charge < -0.3 is 0 Å². The molecule has 8 heteroatoms. The first kappa shape index (κ1) is 12.0. The summed E-state index contributed by atoms with van der Waals surface area (Å²) in [6, 6.07) is 5.96. The maximum Gasteiger partial charge on any atom is 0.296 e. The molecule has 0 spiro atoms. The van der Waals surface area contributed by atoms with E-state index in [0.717, 1.165) is 0 Å². The summed E-state index contributed by atoms with van der Waals surface area (Å²) in [7, 11) is 0. The fourth-order valence-electron chi connectivity index (χ4n) is 1.41. The first-order chi connectivity index (χ1) is 8.65. The summed E-state index contributed by atoms with van der Waals surface area (Å²) in [5.41, 5.74) is 0.751. The van der Waals surface area contributed by atoms with Gasteiger partial charge in [0.2, 0.25) is 0 Å². The van der Waals surface area contributed by atoms with Crippen LogP contribution in [-0.4, -0.2) is 19.9 Å². The highest BCUT2D eigenvalue weighted by Gasteiger charge is 2.17. The van der Waals surface area contributed by atoms with Gasteiger partial charge in [0, 0.05) is 6.07 Å². The van der Waals surface area contributed by atoms with Crippen molar-refractivity contribution in [1.82, 2.24) is 15.0 Å². The number of hydrogen-bond acceptors (Lipinski definition) is 5. The molecule has 0 aliphatic heterocycles. The maximum absolute atomic E-state index is 10.9. The summed E-state index contributed by atoms with van der Waals surface area (Å²) in [6.07, 6.45) is 1.50. The van der Waals surface area contributed by atoms with E-state index in [1.54, 1.807) is 0 Å². The zero-order chi connectivity index (χ0) is 13.1. The van der Waals surface area contributed by atoms with E-state index in [2.05, 4.69) is 10.3 Å². The molecule has 1 heterocycles. The van der Waals surface area contributed by atoms with Crippen molar-refractivity contribution in [3.63, 3.8) is 0 Å². The molecule has 0 aliphatic rings. The largest absolute Gasteiger partial charge is 0.296 e. The van der Waals surface area contributed by atoms with Crippen LogP contribution in [0, 0.1) is 21.4 Å². The lowest BCUT2D eigenvalue weighted by Crippen LogP contribution is -2.01. The lowest BCUT2D eigenvalue weighted by Gasteiger charge is -2.01. The normalized spacial score (nSPS) is 10.0. The van der Waals surface area contributed by atoms with E-state index in [1.807, 2.05) is 6.07 Å². The minimum Gasteiger partial charge on any atom is -0.258 e. The number of aromatic nitrogens is 3. The Morgan fingerprint density at radius 3 is 2.89 bits per heavy atom. The topological polar surface area (TPSA) is 97.6 Å². The molecule has 1 aromatic heterocycles. The molecule has 0 radical (unpaired) electrons. The van der Waals surface area contributed by atoms with Gasteiger partial charge in [0.05, 0.1) is 34.3 Å². The van der Waals surface area contributed by atoms with Crippen molar-refractivity contribution in [2.75, 3.05) is 0 Å².